The van der Waals surface area contributed by atoms with Crippen LogP contribution in [0.1, 0.15) is 37.3 Å². The monoisotopic (exact) mass is 321 g/mol. The van der Waals surface area contributed by atoms with Crippen molar-refractivity contribution in [2.45, 2.75) is 32.3 Å². The molecule has 0 fully saturated rings. The van der Waals surface area contributed by atoms with E-state index in [4.69, 9.17) is 9.15 Å². The Labute approximate surface area is 133 Å². The third kappa shape index (κ3) is 3.98. The summed E-state index contributed by atoms with van der Waals surface area (Å²) in [5.74, 6) is -0.100. The van der Waals surface area contributed by atoms with Gasteiger partial charge in [0.2, 0.25) is 0 Å². The third-order valence-electron chi connectivity index (χ3n) is 3.19. The number of nitrogens with one attached hydrogen (secondary N) is 1. The maximum atomic E-state index is 12.2. The Hall–Kier alpha value is -2.08. The molecule has 0 aliphatic heterocycles. The molecule has 0 aromatic carbocycles. The van der Waals surface area contributed by atoms with Crippen molar-refractivity contribution in [3.05, 3.63) is 46.5 Å². The van der Waals surface area contributed by atoms with Crippen LogP contribution >= 0.6 is 11.3 Å². The minimum Gasteiger partial charge on any atom is -0.469 e. The maximum absolute atomic E-state index is 12.2. The van der Waals surface area contributed by atoms with Crippen LogP contribution in [-0.4, -0.2) is 24.0 Å². The first-order valence-electron chi connectivity index (χ1n) is 6.95. The van der Waals surface area contributed by atoms with E-state index < -0.39 is 11.6 Å². The largest absolute Gasteiger partial charge is 0.469 e. The molecule has 1 atom stereocenters. The van der Waals surface area contributed by atoms with Gasteiger partial charge in [0.1, 0.15) is 5.76 Å². The molecule has 0 saturated carbocycles. The van der Waals surface area contributed by atoms with Crippen LogP contribution in [0.3, 0.4) is 0 Å². The van der Waals surface area contributed by atoms with E-state index in [-0.39, 0.29) is 11.8 Å². The zero-order valence-electron chi connectivity index (χ0n) is 12.8. The molecular weight excluding hydrogens is 302 g/mol. The molecule has 118 valence electrons. The first-order valence-corrected chi connectivity index (χ1v) is 7.83. The zero-order chi connectivity index (χ0) is 16.2. The molecule has 22 heavy (non-hydrogen) atoms. The molecule has 2 heterocycles. The molecule has 0 bridgehead atoms. The smallest absolute Gasteiger partial charge is 0.303 e. The predicted molar refractivity (Wildman–Crippen MR) is 83.7 cm³/mol. The van der Waals surface area contributed by atoms with Crippen molar-refractivity contribution < 1.29 is 18.7 Å². The van der Waals surface area contributed by atoms with Crippen LogP contribution in [-0.2, 0) is 14.3 Å². The van der Waals surface area contributed by atoms with Crippen molar-refractivity contribution in [2.24, 2.45) is 0 Å². The number of carbonyl (C=O) groups excluding carboxylic acids is 2. The molecule has 2 aromatic heterocycles. The van der Waals surface area contributed by atoms with Crippen LogP contribution in [0, 0.1) is 0 Å². The van der Waals surface area contributed by atoms with Crippen molar-refractivity contribution >= 4 is 23.2 Å². The molecule has 0 saturated heterocycles. The number of ether oxygens (including phenoxy) is 1. The normalized spacial score (nSPS) is 12.7. The molecule has 6 heteroatoms. The molecule has 0 radical (unpaired) electrons. The molecule has 0 unspecified atom stereocenters. The van der Waals surface area contributed by atoms with Gasteiger partial charge in [-0.15, -0.1) is 11.3 Å². The number of thiophene rings is 1. The van der Waals surface area contributed by atoms with Crippen molar-refractivity contribution in [2.75, 3.05) is 6.54 Å². The Morgan fingerprint density at radius 1 is 1.36 bits per heavy atom. The first kappa shape index (κ1) is 16.3. The highest BCUT2D eigenvalue weighted by Gasteiger charge is 2.31. The minimum absolute atomic E-state index is 0.0629. The van der Waals surface area contributed by atoms with Crippen LogP contribution in [0.25, 0.3) is 0 Å². The highest BCUT2D eigenvalue weighted by molar-refractivity contribution is 7.10. The minimum atomic E-state index is -1.20. The van der Waals surface area contributed by atoms with Gasteiger partial charge in [-0.1, -0.05) is 6.07 Å². The average Bonchev–Trinajstić information content (AvgIpc) is 3.10. The number of hydrogen-bond acceptors (Lipinski definition) is 5. The van der Waals surface area contributed by atoms with E-state index in [2.05, 4.69) is 5.32 Å². The Bertz CT molecular complexity index is 582. The molecule has 0 spiro atoms. The van der Waals surface area contributed by atoms with Crippen molar-refractivity contribution in [3.63, 3.8) is 0 Å². The third-order valence-corrected chi connectivity index (χ3v) is 4.17. The molecule has 5 nitrogen and oxygen atoms in total. The summed E-state index contributed by atoms with van der Waals surface area (Å²) < 4.78 is 10.5. The summed E-state index contributed by atoms with van der Waals surface area (Å²) >= 11 is 1.60. The molecule has 1 amide bonds. The van der Waals surface area contributed by atoms with Gasteiger partial charge in [-0.3, -0.25) is 9.59 Å². The van der Waals surface area contributed by atoms with Gasteiger partial charge in [0.15, 0.2) is 5.60 Å². The highest BCUT2D eigenvalue weighted by atomic mass is 32.1. The van der Waals surface area contributed by atoms with E-state index in [1.54, 1.807) is 31.4 Å². The quantitative estimate of drug-likeness (QED) is 0.831. The Balaban J connectivity index is 2.06. The molecule has 2 aromatic rings. The number of esters is 1. The number of carbonyl (C=O) groups is 2. The van der Waals surface area contributed by atoms with Crippen molar-refractivity contribution in [3.8, 4) is 0 Å². The van der Waals surface area contributed by atoms with Gasteiger partial charge in [-0.2, -0.15) is 0 Å². The van der Waals surface area contributed by atoms with Gasteiger partial charge in [0.25, 0.3) is 5.91 Å². The lowest BCUT2D eigenvalue weighted by atomic mass is 10.0. The van der Waals surface area contributed by atoms with E-state index in [1.165, 1.54) is 6.92 Å². The maximum Gasteiger partial charge on any atom is 0.303 e. The van der Waals surface area contributed by atoms with Crippen molar-refractivity contribution in [1.29, 1.82) is 0 Å². The Morgan fingerprint density at radius 3 is 2.68 bits per heavy atom. The lowest BCUT2D eigenvalue weighted by molar-refractivity contribution is -0.162. The fraction of sp³-hybridized carbons (Fsp3) is 0.375. The molecule has 0 aliphatic rings. The second-order valence-electron chi connectivity index (χ2n) is 5.40. The Kier molecular flexibility index (Phi) is 5.03. The second kappa shape index (κ2) is 6.79. The average molecular weight is 321 g/mol. The molecule has 0 aliphatic carbocycles. The topological polar surface area (TPSA) is 68.5 Å². The fourth-order valence-corrected chi connectivity index (χ4v) is 2.97. The Morgan fingerprint density at radius 2 is 2.14 bits per heavy atom. The SMILES string of the molecule is CC(=O)OC(C)(C)C(=O)NC[C@@H](c1ccco1)c1cccs1. The second-order valence-corrected chi connectivity index (χ2v) is 6.38. The van der Waals surface area contributed by atoms with E-state index in [1.807, 2.05) is 29.6 Å². The van der Waals surface area contributed by atoms with Gasteiger partial charge < -0.3 is 14.5 Å². The summed E-state index contributed by atoms with van der Waals surface area (Å²) in [7, 11) is 0. The molecular formula is C16H19NO4S. The van der Waals surface area contributed by atoms with E-state index in [0.717, 1.165) is 10.6 Å². The molecule has 1 N–H and O–H groups in total. The van der Waals surface area contributed by atoms with E-state index in [0.29, 0.717) is 6.54 Å². The van der Waals surface area contributed by atoms with Crippen LogP contribution in [0.4, 0.5) is 0 Å². The summed E-state index contributed by atoms with van der Waals surface area (Å²) in [6.45, 7) is 4.79. The summed E-state index contributed by atoms with van der Waals surface area (Å²) in [6.07, 6.45) is 1.61. The van der Waals surface area contributed by atoms with E-state index in [9.17, 15) is 9.59 Å². The van der Waals surface area contributed by atoms with Gasteiger partial charge in [-0.05, 0) is 37.4 Å². The lowest BCUT2D eigenvalue weighted by Crippen LogP contribution is -2.46. The number of rotatable bonds is 6. The summed E-state index contributed by atoms with van der Waals surface area (Å²) in [6, 6.07) is 7.66. The number of furan rings is 1. The van der Waals surface area contributed by atoms with Crippen molar-refractivity contribution in [1.82, 2.24) is 5.32 Å². The van der Waals surface area contributed by atoms with Crippen LogP contribution in [0.5, 0.6) is 0 Å². The van der Waals surface area contributed by atoms with Crippen LogP contribution < -0.4 is 5.32 Å². The summed E-state index contributed by atoms with van der Waals surface area (Å²) in [5, 5.41) is 4.82. The zero-order valence-corrected chi connectivity index (χ0v) is 13.6. The number of hydrogen-bond donors (Lipinski definition) is 1. The van der Waals surface area contributed by atoms with E-state index >= 15 is 0 Å². The highest BCUT2D eigenvalue weighted by Crippen LogP contribution is 2.28. The molecule has 2 rings (SSSR count). The van der Waals surface area contributed by atoms with Crippen LogP contribution in [0.2, 0.25) is 0 Å². The van der Waals surface area contributed by atoms with Gasteiger partial charge in [-0.25, -0.2) is 0 Å². The van der Waals surface area contributed by atoms with Gasteiger partial charge in [0, 0.05) is 18.3 Å². The van der Waals surface area contributed by atoms with Crippen LogP contribution in [0.15, 0.2) is 40.3 Å². The fourth-order valence-electron chi connectivity index (χ4n) is 2.13. The van der Waals surface area contributed by atoms with Gasteiger partial charge >= 0.3 is 5.97 Å². The summed E-state index contributed by atoms with van der Waals surface area (Å²) in [4.78, 5) is 24.4. The lowest BCUT2D eigenvalue weighted by Gasteiger charge is -2.24. The first-order chi connectivity index (χ1) is 10.4. The standard InChI is InChI=1S/C16H19NO4S/c1-11(18)21-16(2,3)15(19)17-10-12(13-6-4-8-20-13)14-7-5-9-22-14/h4-9,12H,10H2,1-3H3,(H,17,19)/t12-/m0/s1. The van der Waals surface area contributed by atoms with Gasteiger partial charge in [0.05, 0.1) is 12.2 Å². The summed E-state index contributed by atoms with van der Waals surface area (Å²) in [5.41, 5.74) is -1.20. The predicted octanol–water partition coefficient (Wildman–Crippen LogP) is 2.93. The number of amides is 1.